The van der Waals surface area contributed by atoms with E-state index in [-0.39, 0.29) is 6.10 Å². The Morgan fingerprint density at radius 1 is 1.39 bits per heavy atom. The summed E-state index contributed by atoms with van der Waals surface area (Å²) in [7, 11) is 0. The molecule has 0 radical (unpaired) electrons. The van der Waals surface area contributed by atoms with Gasteiger partial charge < -0.3 is 9.63 Å². The minimum Gasteiger partial charge on any atom is -0.393 e. The van der Waals surface area contributed by atoms with Gasteiger partial charge in [0.25, 0.3) is 0 Å². The molecule has 2 unspecified atom stereocenters. The second-order valence-corrected chi connectivity index (χ2v) is 6.59. The molecule has 1 N–H and O–H groups in total. The van der Waals surface area contributed by atoms with E-state index in [0.717, 1.165) is 31.8 Å². The Kier molecular flexibility index (Phi) is 5.08. The van der Waals surface area contributed by atoms with Gasteiger partial charge in [0, 0.05) is 13.0 Å². The zero-order valence-electron chi connectivity index (χ0n) is 13.9. The number of aromatic nitrogens is 2. The lowest BCUT2D eigenvalue weighted by atomic mass is 9.93. The van der Waals surface area contributed by atoms with Crippen molar-refractivity contribution in [2.45, 2.75) is 45.8 Å². The highest BCUT2D eigenvalue weighted by molar-refractivity contribution is 5.27. The van der Waals surface area contributed by atoms with Crippen LogP contribution in [0.15, 0.2) is 28.8 Å². The van der Waals surface area contributed by atoms with Crippen LogP contribution in [0.4, 0.5) is 0 Å². The average Bonchev–Trinajstić information content (AvgIpc) is 2.97. The molecule has 0 amide bonds. The van der Waals surface area contributed by atoms with Crippen molar-refractivity contribution in [1.29, 1.82) is 0 Å². The molecule has 0 bridgehead atoms. The Morgan fingerprint density at radius 2 is 2.22 bits per heavy atom. The lowest BCUT2D eigenvalue weighted by Gasteiger charge is -2.33. The third-order valence-electron chi connectivity index (χ3n) is 4.70. The summed E-state index contributed by atoms with van der Waals surface area (Å²) in [5.41, 5.74) is 2.47. The van der Waals surface area contributed by atoms with E-state index >= 15 is 0 Å². The number of likely N-dealkylation sites (tertiary alicyclic amines) is 1. The first-order valence-corrected chi connectivity index (χ1v) is 8.38. The molecule has 2 atom stereocenters. The first kappa shape index (κ1) is 16.1. The van der Waals surface area contributed by atoms with Gasteiger partial charge in [-0.3, -0.25) is 4.90 Å². The molecule has 1 aliphatic heterocycles. The minimum absolute atomic E-state index is 0.253. The van der Waals surface area contributed by atoms with Crippen LogP contribution in [0.1, 0.15) is 42.6 Å². The van der Waals surface area contributed by atoms with Gasteiger partial charge in [-0.1, -0.05) is 29.4 Å². The van der Waals surface area contributed by atoms with Gasteiger partial charge in [0.1, 0.15) is 0 Å². The number of benzene rings is 1. The number of piperidine rings is 1. The van der Waals surface area contributed by atoms with Crippen molar-refractivity contribution in [3.8, 4) is 0 Å². The van der Waals surface area contributed by atoms with Gasteiger partial charge in [0.05, 0.1) is 12.6 Å². The summed E-state index contributed by atoms with van der Waals surface area (Å²) in [4.78, 5) is 6.83. The number of rotatable bonds is 5. The van der Waals surface area contributed by atoms with E-state index in [9.17, 15) is 5.11 Å². The maximum atomic E-state index is 9.78. The Labute approximate surface area is 137 Å². The zero-order valence-corrected chi connectivity index (χ0v) is 13.9. The summed E-state index contributed by atoms with van der Waals surface area (Å²) in [5, 5.41) is 13.9. The van der Waals surface area contributed by atoms with Crippen molar-refractivity contribution < 1.29 is 9.63 Å². The molecule has 3 rings (SSSR count). The fourth-order valence-electron chi connectivity index (χ4n) is 3.22. The molecule has 0 saturated carbocycles. The van der Waals surface area contributed by atoms with Crippen LogP contribution in [0, 0.1) is 12.8 Å². The smallest absolute Gasteiger partial charge is 0.240 e. The second kappa shape index (κ2) is 7.23. The largest absolute Gasteiger partial charge is 0.393 e. The van der Waals surface area contributed by atoms with Crippen molar-refractivity contribution in [3.63, 3.8) is 0 Å². The summed E-state index contributed by atoms with van der Waals surface area (Å²) in [6, 6.07) is 8.27. The van der Waals surface area contributed by atoms with Crippen molar-refractivity contribution in [3.05, 3.63) is 47.1 Å². The average molecular weight is 315 g/mol. The van der Waals surface area contributed by atoms with Gasteiger partial charge >= 0.3 is 0 Å². The Morgan fingerprint density at radius 3 is 3.00 bits per heavy atom. The first-order valence-electron chi connectivity index (χ1n) is 8.38. The van der Waals surface area contributed by atoms with E-state index in [2.05, 4.69) is 34.1 Å². The summed E-state index contributed by atoms with van der Waals surface area (Å²) >= 11 is 0. The van der Waals surface area contributed by atoms with E-state index in [1.54, 1.807) is 0 Å². The Hall–Kier alpha value is -1.72. The molecule has 5 nitrogen and oxygen atoms in total. The lowest BCUT2D eigenvalue weighted by molar-refractivity contribution is 0.0556. The van der Waals surface area contributed by atoms with Crippen LogP contribution in [0.2, 0.25) is 0 Å². The van der Waals surface area contributed by atoms with E-state index < -0.39 is 0 Å². The highest BCUT2D eigenvalue weighted by atomic mass is 16.5. The van der Waals surface area contributed by atoms with Gasteiger partial charge in [-0.15, -0.1) is 0 Å². The summed E-state index contributed by atoms with van der Waals surface area (Å²) in [5.74, 6) is 1.75. The topological polar surface area (TPSA) is 62.4 Å². The number of hydrogen-bond acceptors (Lipinski definition) is 5. The van der Waals surface area contributed by atoms with E-state index in [1.807, 2.05) is 19.1 Å². The standard InChI is InChI=1S/C18H25N3O2/c1-13-6-3-4-7-15(13)10-17-19-18(23-20-17)12-21-9-5-8-16(11-21)14(2)22/h3-4,6-7,14,16,22H,5,8-12H2,1-2H3. The molecule has 0 aliphatic carbocycles. The number of aryl methyl sites for hydroxylation is 1. The van der Waals surface area contributed by atoms with Crippen molar-refractivity contribution in [1.82, 2.24) is 15.0 Å². The van der Waals surface area contributed by atoms with Crippen molar-refractivity contribution >= 4 is 0 Å². The molecule has 2 heterocycles. The SMILES string of the molecule is Cc1ccccc1Cc1noc(CN2CCCC(C(C)O)C2)n1. The lowest BCUT2D eigenvalue weighted by Crippen LogP contribution is -2.39. The molecular formula is C18H25N3O2. The molecule has 0 spiro atoms. The van der Waals surface area contributed by atoms with E-state index in [1.165, 1.54) is 11.1 Å². The predicted molar refractivity (Wildman–Crippen MR) is 88.0 cm³/mol. The molecular weight excluding hydrogens is 290 g/mol. The molecule has 1 fully saturated rings. The van der Waals surface area contributed by atoms with Crippen LogP contribution in [0.25, 0.3) is 0 Å². The van der Waals surface area contributed by atoms with Gasteiger partial charge in [-0.05, 0) is 50.3 Å². The fourth-order valence-corrected chi connectivity index (χ4v) is 3.22. The molecule has 1 aromatic carbocycles. The highest BCUT2D eigenvalue weighted by Gasteiger charge is 2.24. The van der Waals surface area contributed by atoms with Crippen LogP contribution in [0.3, 0.4) is 0 Å². The van der Waals surface area contributed by atoms with Crippen LogP contribution in [0.5, 0.6) is 0 Å². The fraction of sp³-hybridized carbons (Fsp3) is 0.556. The zero-order chi connectivity index (χ0) is 16.2. The Bertz CT molecular complexity index is 639. The molecule has 1 aromatic heterocycles. The van der Waals surface area contributed by atoms with E-state index in [4.69, 9.17) is 4.52 Å². The quantitative estimate of drug-likeness (QED) is 0.919. The molecule has 124 valence electrons. The highest BCUT2D eigenvalue weighted by Crippen LogP contribution is 2.21. The normalized spacial score (nSPS) is 20.6. The molecule has 2 aromatic rings. The number of aliphatic hydroxyl groups is 1. The third-order valence-corrected chi connectivity index (χ3v) is 4.70. The van der Waals surface area contributed by atoms with Crippen molar-refractivity contribution in [2.24, 2.45) is 5.92 Å². The van der Waals surface area contributed by atoms with Crippen LogP contribution in [-0.4, -0.2) is 39.3 Å². The molecule has 23 heavy (non-hydrogen) atoms. The number of nitrogens with zero attached hydrogens (tertiary/aromatic N) is 3. The summed E-state index contributed by atoms with van der Waals surface area (Å²) < 4.78 is 5.41. The predicted octanol–water partition coefficient (Wildman–Crippen LogP) is 2.56. The second-order valence-electron chi connectivity index (χ2n) is 6.59. The van der Waals surface area contributed by atoms with Crippen LogP contribution in [-0.2, 0) is 13.0 Å². The Balaban J connectivity index is 1.60. The van der Waals surface area contributed by atoms with Crippen molar-refractivity contribution in [2.75, 3.05) is 13.1 Å². The third kappa shape index (κ3) is 4.18. The van der Waals surface area contributed by atoms with Gasteiger partial charge in [0.15, 0.2) is 5.82 Å². The van der Waals surface area contributed by atoms with Crippen LogP contribution >= 0.6 is 0 Å². The minimum atomic E-state index is -0.253. The van der Waals surface area contributed by atoms with Gasteiger partial charge in [-0.25, -0.2) is 0 Å². The molecule has 1 aliphatic rings. The number of hydrogen-bond donors (Lipinski definition) is 1. The maximum absolute atomic E-state index is 9.78. The summed E-state index contributed by atoms with van der Waals surface area (Å²) in [6.45, 7) is 6.57. The van der Waals surface area contributed by atoms with Gasteiger partial charge in [-0.2, -0.15) is 4.98 Å². The summed E-state index contributed by atoms with van der Waals surface area (Å²) in [6.07, 6.45) is 2.65. The monoisotopic (exact) mass is 315 g/mol. The van der Waals surface area contributed by atoms with Crippen LogP contribution < -0.4 is 0 Å². The maximum Gasteiger partial charge on any atom is 0.240 e. The molecule has 1 saturated heterocycles. The number of aliphatic hydroxyl groups excluding tert-OH is 1. The van der Waals surface area contributed by atoms with E-state index in [0.29, 0.717) is 24.8 Å². The first-order chi connectivity index (χ1) is 11.1. The van der Waals surface area contributed by atoms with Gasteiger partial charge in [0.2, 0.25) is 5.89 Å². The molecule has 5 heteroatoms.